The molecule has 2 heteroatoms. The van der Waals surface area contributed by atoms with Crippen molar-refractivity contribution in [2.24, 2.45) is 0 Å². The second-order valence-corrected chi connectivity index (χ2v) is 4.44. The Bertz CT molecular complexity index is 329. The Morgan fingerprint density at radius 1 is 1.11 bits per heavy atom. The Morgan fingerprint density at radius 2 is 1.89 bits per heavy atom. The van der Waals surface area contributed by atoms with Crippen LogP contribution in [0.5, 0.6) is 5.75 Å². The van der Waals surface area contributed by atoms with Crippen molar-refractivity contribution in [2.45, 2.75) is 32.6 Å². The summed E-state index contributed by atoms with van der Waals surface area (Å²) in [6, 6.07) is 8.26. The monoisotopic (exact) mass is 247 g/mol. The van der Waals surface area contributed by atoms with Gasteiger partial charge in [-0.05, 0) is 31.2 Å². The maximum atomic E-state index is 5.70. The van der Waals surface area contributed by atoms with Gasteiger partial charge in [-0.25, -0.2) is 0 Å². The summed E-state index contributed by atoms with van der Waals surface area (Å²) in [6.07, 6.45) is 9.22. The Kier molecular flexibility index (Phi) is 7.98. The molecule has 100 valence electrons. The smallest absolute Gasteiger partial charge is 0.119 e. The maximum absolute atomic E-state index is 5.70. The van der Waals surface area contributed by atoms with Crippen molar-refractivity contribution >= 4 is 6.08 Å². The minimum Gasteiger partial charge on any atom is -0.494 e. The number of unbranched alkanes of at least 4 members (excludes halogenated alkanes) is 3. The van der Waals surface area contributed by atoms with Gasteiger partial charge in [0.25, 0.3) is 0 Å². The first-order valence-corrected chi connectivity index (χ1v) is 6.91. The first-order chi connectivity index (χ1) is 8.86. The Balaban J connectivity index is 2.27. The lowest BCUT2D eigenvalue weighted by atomic mass is 10.2. The molecule has 0 saturated heterocycles. The Labute approximate surface area is 111 Å². The van der Waals surface area contributed by atoms with Crippen LogP contribution in [0.1, 0.15) is 38.2 Å². The van der Waals surface area contributed by atoms with E-state index >= 15 is 0 Å². The number of nitrogens with one attached hydrogen (secondary N) is 1. The Morgan fingerprint density at radius 3 is 2.56 bits per heavy atom. The van der Waals surface area contributed by atoms with Crippen LogP contribution in [0.3, 0.4) is 0 Å². The van der Waals surface area contributed by atoms with Gasteiger partial charge in [0, 0.05) is 6.54 Å². The molecule has 18 heavy (non-hydrogen) atoms. The molecule has 0 aromatic heterocycles. The van der Waals surface area contributed by atoms with E-state index < -0.39 is 0 Å². The number of hydrogen-bond donors (Lipinski definition) is 1. The number of benzene rings is 1. The summed E-state index contributed by atoms with van der Waals surface area (Å²) in [6.45, 7) is 3.95. The van der Waals surface area contributed by atoms with E-state index in [1.165, 1.54) is 24.8 Å². The van der Waals surface area contributed by atoms with Crippen molar-refractivity contribution in [1.29, 1.82) is 0 Å². The average molecular weight is 247 g/mol. The molecule has 0 radical (unpaired) electrons. The molecule has 1 rings (SSSR count). The quantitative estimate of drug-likeness (QED) is 0.669. The van der Waals surface area contributed by atoms with Crippen LogP contribution in [-0.2, 0) is 0 Å². The van der Waals surface area contributed by atoms with Gasteiger partial charge in [-0.2, -0.15) is 0 Å². The van der Waals surface area contributed by atoms with Gasteiger partial charge in [0.15, 0.2) is 0 Å². The van der Waals surface area contributed by atoms with E-state index in [1.807, 2.05) is 19.2 Å². The van der Waals surface area contributed by atoms with Gasteiger partial charge in [0.2, 0.25) is 0 Å². The van der Waals surface area contributed by atoms with Crippen LogP contribution >= 0.6 is 0 Å². The van der Waals surface area contributed by atoms with Crippen LogP contribution in [0.4, 0.5) is 0 Å². The summed E-state index contributed by atoms with van der Waals surface area (Å²) < 4.78 is 5.70. The van der Waals surface area contributed by atoms with Crippen LogP contribution in [0.15, 0.2) is 30.3 Å². The molecule has 0 aliphatic heterocycles. The van der Waals surface area contributed by atoms with Gasteiger partial charge < -0.3 is 10.1 Å². The minimum absolute atomic E-state index is 0.828. The Hall–Kier alpha value is -1.28. The summed E-state index contributed by atoms with van der Waals surface area (Å²) in [7, 11) is 1.94. The lowest BCUT2D eigenvalue weighted by molar-refractivity contribution is 0.305. The highest BCUT2D eigenvalue weighted by atomic mass is 16.5. The number of hydrogen-bond acceptors (Lipinski definition) is 2. The maximum Gasteiger partial charge on any atom is 0.119 e. The first-order valence-electron chi connectivity index (χ1n) is 6.91. The zero-order valence-electron chi connectivity index (χ0n) is 11.6. The fourth-order valence-electron chi connectivity index (χ4n) is 1.71. The molecule has 1 N–H and O–H groups in total. The average Bonchev–Trinajstić information content (AvgIpc) is 2.40. The molecule has 0 bridgehead atoms. The van der Waals surface area contributed by atoms with Crippen LogP contribution < -0.4 is 10.1 Å². The SMILES string of the molecule is CCCCCCOc1ccc(C=CCNC)cc1. The third-order valence-corrected chi connectivity index (χ3v) is 2.78. The van der Waals surface area contributed by atoms with Crippen molar-refractivity contribution < 1.29 is 4.74 Å². The highest BCUT2D eigenvalue weighted by molar-refractivity contribution is 5.50. The first kappa shape index (κ1) is 14.8. The fourth-order valence-corrected chi connectivity index (χ4v) is 1.71. The summed E-state index contributed by atoms with van der Waals surface area (Å²) in [5.41, 5.74) is 1.21. The highest BCUT2D eigenvalue weighted by Crippen LogP contribution is 2.13. The van der Waals surface area contributed by atoms with Crippen LogP contribution in [-0.4, -0.2) is 20.2 Å². The van der Waals surface area contributed by atoms with Crippen molar-refractivity contribution in [3.63, 3.8) is 0 Å². The summed E-state index contributed by atoms with van der Waals surface area (Å²) in [5.74, 6) is 0.970. The van der Waals surface area contributed by atoms with E-state index in [1.54, 1.807) is 0 Å². The zero-order valence-corrected chi connectivity index (χ0v) is 11.6. The van der Waals surface area contributed by atoms with Crippen LogP contribution in [0.25, 0.3) is 6.08 Å². The second kappa shape index (κ2) is 9.72. The van der Waals surface area contributed by atoms with Gasteiger partial charge in [-0.1, -0.05) is 50.5 Å². The summed E-state index contributed by atoms with van der Waals surface area (Å²) >= 11 is 0. The summed E-state index contributed by atoms with van der Waals surface area (Å²) in [4.78, 5) is 0. The van der Waals surface area contributed by atoms with E-state index in [9.17, 15) is 0 Å². The van der Waals surface area contributed by atoms with Gasteiger partial charge in [-0.3, -0.25) is 0 Å². The van der Waals surface area contributed by atoms with E-state index in [-0.39, 0.29) is 0 Å². The standard InChI is InChI=1S/C16H25NO/c1-3-4-5-6-14-18-16-11-9-15(10-12-16)8-7-13-17-2/h7-12,17H,3-6,13-14H2,1-2H3. The van der Waals surface area contributed by atoms with Gasteiger partial charge in [0.1, 0.15) is 5.75 Å². The molecule has 0 aliphatic rings. The van der Waals surface area contributed by atoms with Crippen molar-refractivity contribution in [3.05, 3.63) is 35.9 Å². The molecule has 0 saturated carbocycles. The molecule has 0 aliphatic carbocycles. The van der Waals surface area contributed by atoms with Crippen molar-refractivity contribution in [3.8, 4) is 5.75 Å². The predicted octanol–water partition coefficient (Wildman–Crippen LogP) is 3.88. The molecule has 2 nitrogen and oxygen atoms in total. The topological polar surface area (TPSA) is 21.3 Å². The molecular formula is C16H25NO. The third kappa shape index (κ3) is 6.45. The second-order valence-electron chi connectivity index (χ2n) is 4.44. The third-order valence-electron chi connectivity index (χ3n) is 2.78. The molecule has 0 atom stereocenters. The van der Waals surface area contributed by atoms with Gasteiger partial charge >= 0.3 is 0 Å². The largest absolute Gasteiger partial charge is 0.494 e. The fraction of sp³-hybridized carbons (Fsp3) is 0.500. The van der Waals surface area contributed by atoms with Gasteiger partial charge in [0.05, 0.1) is 6.61 Å². The molecule has 1 aromatic carbocycles. The molecule has 1 aromatic rings. The predicted molar refractivity (Wildman–Crippen MR) is 79.0 cm³/mol. The molecule has 0 amide bonds. The molecule has 0 fully saturated rings. The lowest BCUT2D eigenvalue weighted by Crippen LogP contribution is -2.03. The highest BCUT2D eigenvalue weighted by Gasteiger charge is 1.94. The van der Waals surface area contributed by atoms with E-state index in [4.69, 9.17) is 4.74 Å². The molecular weight excluding hydrogens is 222 g/mol. The normalized spacial score (nSPS) is 11.0. The number of likely N-dealkylation sites (N-methyl/N-ethyl adjacent to an activating group) is 1. The molecule has 0 heterocycles. The summed E-state index contributed by atoms with van der Waals surface area (Å²) in [5, 5.41) is 3.08. The van der Waals surface area contributed by atoms with Crippen LogP contribution in [0, 0.1) is 0 Å². The van der Waals surface area contributed by atoms with Gasteiger partial charge in [-0.15, -0.1) is 0 Å². The van der Waals surface area contributed by atoms with Crippen molar-refractivity contribution in [1.82, 2.24) is 5.32 Å². The van der Waals surface area contributed by atoms with E-state index in [2.05, 4.69) is 36.5 Å². The lowest BCUT2D eigenvalue weighted by Gasteiger charge is -2.06. The van der Waals surface area contributed by atoms with Crippen LogP contribution in [0.2, 0.25) is 0 Å². The van der Waals surface area contributed by atoms with E-state index in [0.29, 0.717) is 0 Å². The van der Waals surface area contributed by atoms with Crippen molar-refractivity contribution in [2.75, 3.05) is 20.2 Å². The molecule has 0 spiro atoms. The minimum atomic E-state index is 0.828. The van der Waals surface area contributed by atoms with E-state index in [0.717, 1.165) is 25.3 Å². The molecule has 0 unspecified atom stereocenters. The number of rotatable bonds is 9. The zero-order chi connectivity index (χ0) is 13.1. The number of ether oxygens (including phenoxy) is 1.